The van der Waals surface area contributed by atoms with Crippen LogP contribution in [0.15, 0.2) is 56.0 Å². The lowest BCUT2D eigenvalue weighted by Crippen LogP contribution is -2.30. The normalized spacial score (nSPS) is 16.0. The fourth-order valence-electron chi connectivity index (χ4n) is 4.96. The molecule has 0 spiro atoms. The average molecular weight is 583 g/mol. The third-order valence-electron chi connectivity index (χ3n) is 7.36. The first-order valence-corrected chi connectivity index (χ1v) is 14.9. The molecule has 6 nitrogen and oxygen atoms in total. The van der Waals surface area contributed by atoms with Gasteiger partial charge in [-0.3, -0.25) is 9.36 Å². The molecule has 38 heavy (non-hydrogen) atoms. The maximum absolute atomic E-state index is 13.6. The summed E-state index contributed by atoms with van der Waals surface area (Å²) in [5.41, 5.74) is 4.78. The van der Waals surface area contributed by atoms with Gasteiger partial charge in [-0.05, 0) is 77.7 Å². The number of aromatic nitrogens is 2. The van der Waals surface area contributed by atoms with E-state index in [9.17, 15) is 4.79 Å². The molecule has 0 radical (unpaired) electrons. The Morgan fingerprint density at radius 3 is 2.58 bits per heavy atom. The zero-order valence-electron chi connectivity index (χ0n) is 24.0. The van der Waals surface area contributed by atoms with Gasteiger partial charge in [0.15, 0.2) is 0 Å². The maximum Gasteiger partial charge on any atom is 0.279 e. The number of fused-ring (bicyclic) bond motifs is 1. The first kappa shape index (κ1) is 30.0. The van der Waals surface area contributed by atoms with Crippen LogP contribution in [-0.4, -0.2) is 27.5 Å². The highest BCUT2D eigenvalue weighted by Crippen LogP contribution is 2.42. The van der Waals surface area contributed by atoms with Gasteiger partial charge in [-0.15, -0.1) is 0 Å². The second-order valence-electron chi connectivity index (χ2n) is 10.2. The zero-order valence-corrected chi connectivity index (χ0v) is 25.6. The van der Waals surface area contributed by atoms with Crippen molar-refractivity contribution in [3.8, 4) is 5.69 Å². The van der Waals surface area contributed by atoms with Crippen molar-refractivity contribution < 1.29 is 0 Å². The number of pyridine rings is 1. The summed E-state index contributed by atoms with van der Waals surface area (Å²) in [6, 6.07) is 10.8. The number of benzene rings is 1. The lowest BCUT2D eigenvalue weighted by atomic mass is 9.68. The third kappa shape index (κ3) is 6.73. The van der Waals surface area contributed by atoms with E-state index in [-0.39, 0.29) is 11.5 Å². The highest BCUT2D eigenvalue weighted by molar-refractivity contribution is 9.10. The summed E-state index contributed by atoms with van der Waals surface area (Å²) in [5, 5.41) is 13.3. The van der Waals surface area contributed by atoms with E-state index < -0.39 is 0 Å². The van der Waals surface area contributed by atoms with Crippen molar-refractivity contribution in [1.82, 2.24) is 14.9 Å². The second-order valence-corrected chi connectivity index (χ2v) is 11.1. The van der Waals surface area contributed by atoms with Gasteiger partial charge >= 0.3 is 0 Å². The summed E-state index contributed by atoms with van der Waals surface area (Å²) >= 11 is 3.71. The van der Waals surface area contributed by atoms with Crippen molar-refractivity contribution in [2.24, 2.45) is 22.0 Å². The van der Waals surface area contributed by atoms with E-state index in [1.165, 1.54) is 24.8 Å². The number of H-pyrrole nitrogens is 1. The summed E-state index contributed by atoms with van der Waals surface area (Å²) in [7, 11) is 0. The van der Waals surface area contributed by atoms with Crippen molar-refractivity contribution in [2.45, 2.75) is 92.7 Å². The predicted molar refractivity (Wildman–Crippen MR) is 166 cm³/mol. The zero-order chi connectivity index (χ0) is 27.8. The summed E-state index contributed by atoms with van der Waals surface area (Å²) in [4.78, 5) is 16.9. The largest absolute Gasteiger partial charge is 0.353 e. The number of hydrogen-bond acceptors (Lipinski definition) is 4. The first-order chi connectivity index (χ1) is 18.3. The molecule has 1 aliphatic rings. The number of nitrogens with zero attached hydrogens (tertiary/aromatic N) is 3. The number of halogens is 1. The topological polar surface area (TPSA) is 74.5 Å². The van der Waals surface area contributed by atoms with Crippen LogP contribution in [0, 0.1) is 11.8 Å². The van der Waals surface area contributed by atoms with Crippen LogP contribution in [0.4, 0.5) is 0 Å². The molecule has 206 valence electrons. The molecule has 0 bridgehead atoms. The van der Waals surface area contributed by atoms with E-state index in [1.807, 2.05) is 39.1 Å². The molecule has 0 aliphatic heterocycles. The predicted octanol–water partition coefficient (Wildman–Crippen LogP) is 7.98. The SMILES string of the molecule is C/C=N\N=C(/C(C)CC)C(c1cccc(-n2cc(Br)c3cc(CNC(C)C)[nH]c3c2=O)c1)C1CCC1.CC. The minimum absolute atomic E-state index is 0.0484. The average Bonchev–Trinajstić information content (AvgIpc) is 3.34. The van der Waals surface area contributed by atoms with Gasteiger partial charge in [0.05, 0.1) is 5.71 Å². The van der Waals surface area contributed by atoms with Gasteiger partial charge < -0.3 is 10.3 Å². The molecule has 2 heterocycles. The summed E-state index contributed by atoms with van der Waals surface area (Å²) < 4.78 is 2.64. The Morgan fingerprint density at radius 2 is 1.97 bits per heavy atom. The quantitative estimate of drug-likeness (QED) is 0.188. The Kier molecular flexibility index (Phi) is 11.1. The van der Waals surface area contributed by atoms with Gasteiger partial charge in [0, 0.05) is 52.2 Å². The number of nitrogens with one attached hydrogen (secondary N) is 2. The molecule has 1 fully saturated rings. The molecule has 4 rings (SSSR count). The molecule has 2 aromatic heterocycles. The van der Waals surface area contributed by atoms with Crippen molar-refractivity contribution in [3.63, 3.8) is 0 Å². The summed E-state index contributed by atoms with van der Waals surface area (Å²) in [5.74, 6) is 1.11. The highest BCUT2D eigenvalue weighted by atomic mass is 79.9. The molecule has 1 aliphatic carbocycles. The van der Waals surface area contributed by atoms with Crippen LogP contribution in [0.5, 0.6) is 0 Å². The van der Waals surface area contributed by atoms with Crippen molar-refractivity contribution in [1.29, 1.82) is 0 Å². The van der Waals surface area contributed by atoms with E-state index in [2.05, 4.69) is 77.2 Å². The Balaban J connectivity index is 0.00000195. The molecule has 0 saturated heterocycles. The van der Waals surface area contributed by atoms with Crippen LogP contribution in [0.3, 0.4) is 0 Å². The number of aromatic amines is 1. The molecule has 2 atom stereocenters. The lowest BCUT2D eigenvalue weighted by Gasteiger charge is -2.36. The minimum atomic E-state index is -0.0484. The Labute approximate surface area is 236 Å². The molecular weight excluding hydrogens is 538 g/mol. The van der Waals surface area contributed by atoms with Crippen molar-refractivity contribution >= 4 is 38.8 Å². The van der Waals surface area contributed by atoms with E-state index in [4.69, 9.17) is 5.10 Å². The van der Waals surface area contributed by atoms with Crippen molar-refractivity contribution in [3.05, 3.63) is 62.6 Å². The molecule has 1 aromatic carbocycles. The summed E-state index contributed by atoms with van der Waals surface area (Å²) in [6.07, 6.45) is 8.33. The van der Waals surface area contributed by atoms with Crippen LogP contribution < -0.4 is 10.9 Å². The fraction of sp³-hybridized carbons (Fsp3) is 0.516. The molecule has 2 N–H and O–H groups in total. The van der Waals surface area contributed by atoms with Crippen LogP contribution in [0.1, 0.15) is 91.3 Å². The monoisotopic (exact) mass is 581 g/mol. The van der Waals surface area contributed by atoms with Crippen LogP contribution in [0.25, 0.3) is 16.6 Å². The van der Waals surface area contributed by atoms with Crippen molar-refractivity contribution in [2.75, 3.05) is 0 Å². The van der Waals surface area contributed by atoms with Gasteiger partial charge in [-0.25, -0.2) is 0 Å². The van der Waals surface area contributed by atoms with Gasteiger partial charge in [0.1, 0.15) is 5.52 Å². The van der Waals surface area contributed by atoms with Gasteiger partial charge in [-0.1, -0.05) is 60.1 Å². The number of hydrogen-bond donors (Lipinski definition) is 2. The van der Waals surface area contributed by atoms with E-state index in [1.54, 1.807) is 10.8 Å². The Hall–Kier alpha value is -2.51. The Bertz CT molecular complexity index is 1320. The van der Waals surface area contributed by atoms with Gasteiger partial charge in [0.2, 0.25) is 0 Å². The van der Waals surface area contributed by atoms with Crippen LogP contribution in [-0.2, 0) is 6.54 Å². The lowest BCUT2D eigenvalue weighted by molar-refractivity contribution is 0.293. The van der Waals surface area contributed by atoms with Gasteiger partial charge in [-0.2, -0.15) is 10.2 Å². The van der Waals surface area contributed by atoms with E-state index in [0.717, 1.165) is 33.4 Å². The Morgan fingerprint density at radius 1 is 1.24 bits per heavy atom. The molecule has 0 amide bonds. The molecular formula is C31H44BrN5O. The van der Waals surface area contributed by atoms with Gasteiger partial charge in [0.25, 0.3) is 5.56 Å². The molecule has 3 aromatic rings. The molecule has 7 heteroatoms. The fourth-order valence-corrected chi connectivity index (χ4v) is 5.47. The maximum atomic E-state index is 13.6. The van der Waals surface area contributed by atoms with Crippen LogP contribution in [0.2, 0.25) is 0 Å². The first-order valence-electron chi connectivity index (χ1n) is 14.2. The van der Waals surface area contributed by atoms with E-state index in [0.29, 0.717) is 29.9 Å². The standard InChI is InChI=1S/C29H38BrN5O.C2H6/c1-6-19(5)27(34-32-7-2)26(20-10-8-11-20)21-12-9-13-23(14-21)35-17-25(30)24-15-22(16-31-18(3)4)33-28(24)29(35)36;1-2/h7,9,12-15,17-20,26,31,33H,6,8,10-11,16H2,1-5H3;1-2H3/b32-7-,34-27+;. The van der Waals surface area contributed by atoms with E-state index >= 15 is 0 Å². The third-order valence-corrected chi connectivity index (χ3v) is 7.99. The second kappa shape index (κ2) is 14.0. The summed E-state index contributed by atoms with van der Waals surface area (Å²) in [6.45, 7) is 15.3. The smallest absolute Gasteiger partial charge is 0.279 e. The highest BCUT2D eigenvalue weighted by Gasteiger charge is 2.34. The number of rotatable bonds is 10. The molecule has 2 unspecified atom stereocenters. The molecule has 1 saturated carbocycles. The van der Waals surface area contributed by atoms with Crippen LogP contribution >= 0.6 is 15.9 Å². The minimum Gasteiger partial charge on any atom is -0.353 e.